The second-order valence-electron chi connectivity index (χ2n) is 6.75. The van der Waals surface area contributed by atoms with Crippen LogP contribution in [0.1, 0.15) is 41.1 Å². The van der Waals surface area contributed by atoms with Crippen molar-refractivity contribution in [3.63, 3.8) is 0 Å². The molecule has 0 saturated heterocycles. The maximum atomic E-state index is 12.3. The standard InChI is InChI=1S/C21H19N5OS/c1-4-5-13-6-7-14(8-15(13)11-22)16-9-18(28-17(16)12-23)21(2)10-19(27)26(3)20(24)25-21/h4-9H,10H2,1-3H3,(H2,24,25)/b5-4+/t21-/m0/s1. The van der Waals surface area contributed by atoms with Crippen molar-refractivity contribution in [2.45, 2.75) is 25.8 Å². The van der Waals surface area contributed by atoms with Crippen LogP contribution in [0.3, 0.4) is 0 Å². The van der Waals surface area contributed by atoms with E-state index in [1.165, 1.54) is 16.2 Å². The number of thiophene rings is 1. The van der Waals surface area contributed by atoms with E-state index in [0.717, 1.165) is 21.6 Å². The Labute approximate surface area is 167 Å². The van der Waals surface area contributed by atoms with Gasteiger partial charge in [0, 0.05) is 17.5 Å². The Hall–Kier alpha value is -3.42. The van der Waals surface area contributed by atoms with Crippen LogP contribution in [0.15, 0.2) is 35.3 Å². The van der Waals surface area contributed by atoms with E-state index in [2.05, 4.69) is 17.1 Å². The minimum absolute atomic E-state index is 0.120. The summed E-state index contributed by atoms with van der Waals surface area (Å²) in [6, 6.07) is 11.8. The molecule has 1 aromatic carbocycles. The molecule has 2 heterocycles. The van der Waals surface area contributed by atoms with Gasteiger partial charge in [-0.1, -0.05) is 24.3 Å². The van der Waals surface area contributed by atoms with Crippen molar-refractivity contribution in [2.24, 2.45) is 10.7 Å². The minimum Gasteiger partial charge on any atom is -0.369 e. The van der Waals surface area contributed by atoms with Gasteiger partial charge in [-0.15, -0.1) is 11.3 Å². The fourth-order valence-electron chi connectivity index (χ4n) is 3.15. The fraction of sp³-hybridized carbons (Fsp3) is 0.238. The Morgan fingerprint density at radius 2 is 2.07 bits per heavy atom. The molecule has 1 aliphatic rings. The molecule has 1 aromatic heterocycles. The second-order valence-corrected chi connectivity index (χ2v) is 7.80. The van der Waals surface area contributed by atoms with Gasteiger partial charge in [-0.05, 0) is 37.1 Å². The van der Waals surface area contributed by atoms with Crippen LogP contribution >= 0.6 is 11.3 Å². The van der Waals surface area contributed by atoms with Crippen molar-refractivity contribution in [3.8, 4) is 23.3 Å². The molecular weight excluding hydrogens is 370 g/mol. The number of nitriles is 2. The summed E-state index contributed by atoms with van der Waals surface area (Å²) in [5, 5.41) is 19.1. The number of rotatable bonds is 3. The Kier molecular flexibility index (Phi) is 5.04. The molecule has 0 unspecified atom stereocenters. The third-order valence-electron chi connectivity index (χ3n) is 4.77. The number of allylic oxidation sites excluding steroid dienone is 1. The maximum absolute atomic E-state index is 12.3. The molecule has 0 bridgehead atoms. The number of aliphatic imine (C=N–C) groups is 1. The molecule has 28 heavy (non-hydrogen) atoms. The summed E-state index contributed by atoms with van der Waals surface area (Å²) in [7, 11) is 1.59. The smallest absolute Gasteiger partial charge is 0.231 e. The van der Waals surface area contributed by atoms with Crippen molar-refractivity contribution in [1.29, 1.82) is 10.5 Å². The second kappa shape index (κ2) is 7.30. The van der Waals surface area contributed by atoms with Gasteiger partial charge in [0.25, 0.3) is 0 Å². The van der Waals surface area contributed by atoms with Crippen LogP contribution in [-0.4, -0.2) is 23.8 Å². The molecule has 1 amide bonds. The number of hydrogen-bond acceptors (Lipinski definition) is 6. The number of hydrogen-bond donors (Lipinski definition) is 1. The molecule has 7 heteroatoms. The summed E-state index contributed by atoms with van der Waals surface area (Å²) in [6.45, 7) is 3.74. The molecule has 3 rings (SSSR count). The number of nitrogens with two attached hydrogens (primary N) is 1. The summed E-state index contributed by atoms with van der Waals surface area (Å²) in [6.07, 6.45) is 3.92. The lowest BCUT2D eigenvalue weighted by Gasteiger charge is -2.32. The molecule has 0 fully saturated rings. The Balaban J connectivity index is 2.12. The van der Waals surface area contributed by atoms with Crippen molar-refractivity contribution in [2.75, 3.05) is 7.05 Å². The Morgan fingerprint density at radius 3 is 2.68 bits per heavy atom. The summed E-state index contributed by atoms with van der Waals surface area (Å²) in [5.41, 5.74) is 7.97. The third kappa shape index (κ3) is 3.28. The lowest BCUT2D eigenvalue weighted by molar-refractivity contribution is -0.128. The van der Waals surface area contributed by atoms with E-state index >= 15 is 0 Å². The average Bonchev–Trinajstić information content (AvgIpc) is 3.12. The van der Waals surface area contributed by atoms with E-state index in [1.54, 1.807) is 13.1 Å². The van der Waals surface area contributed by atoms with Gasteiger partial charge >= 0.3 is 0 Å². The fourth-order valence-corrected chi connectivity index (χ4v) is 4.22. The van der Waals surface area contributed by atoms with Crippen LogP contribution in [0.25, 0.3) is 17.2 Å². The van der Waals surface area contributed by atoms with Crippen molar-refractivity contribution in [1.82, 2.24) is 4.90 Å². The van der Waals surface area contributed by atoms with Gasteiger partial charge in [0.2, 0.25) is 5.91 Å². The number of amides is 1. The highest BCUT2D eigenvalue weighted by Gasteiger charge is 2.38. The highest BCUT2D eigenvalue weighted by atomic mass is 32.1. The third-order valence-corrected chi connectivity index (χ3v) is 6.06. The first-order valence-corrected chi connectivity index (χ1v) is 9.48. The Morgan fingerprint density at radius 1 is 1.32 bits per heavy atom. The molecule has 6 nitrogen and oxygen atoms in total. The predicted octanol–water partition coefficient (Wildman–Crippen LogP) is 3.58. The van der Waals surface area contributed by atoms with Crippen LogP contribution in [0.4, 0.5) is 0 Å². The van der Waals surface area contributed by atoms with Gasteiger partial charge in [0.05, 0.1) is 18.1 Å². The first-order chi connectivity index (χ1) is 13.3. The zero-order valence-electron chi connectivity index (χ0n) is 15.9. The lowest BCUT2D eigenvalue weighted by Crippen LogP contribution is -2.47. The number of carbonyl (C=O) groups is 1. The summed E-state index contributed by atoms with van der Waals surface area (Å²) < 4.78 is 0. The SMILES string of the molecule is C/C=C/c1ccc(-c2cc([C@]3(C)CC(=O)N(C)C(N)=N3)sc2C#N)cc1C#N. The van der Waals surface area contributed by atoms with Gasteiger partial charge in [-0.3, -0.25) is 9.69 Å². The summed E-state index contributed by atoms with van der Waals surface area (Å²) >= 11 is 1.30. The van der Waals surface area contributed by atoms with Crippen LogP contribution in [0.5, 0.6) is 0 Å². The molecule has 0 saturated carbocycles. The number of guanidine groups is 1. The molecular formula is C21H19N5OS. The minimum atomic E-state index is -0.814. The van der Waals surface area contributed by atoms with Crippen LogP contribution in [-0.2, 0) is 10.3 Å². The van der Waals surface area contributed by atoms with E-state index in [4.69, 9.17) is 5.73 Å². The van der Waals surface area contributed by atoms with Gasteiger partial charge in [0.1, 0.15) is 16.5 Å². The molecule has 0 spiro atoms. The molecule has 2 N–H and O–H groups in total. The first-order valence-electron chi connectivity index (χ1n) is 8.66. The quantitative estimate of drug-likeness (QED) is 0.866. The molecule has 140 valence electrons. The topological polar surface area (TPSA) is 106 Å². The molecule has 1 atom stereocenters. The summed E-state index contributed by atoms with van der Waals surface area (Å²) in [4.78, 5) is 19.4. The summed E-state index contributed by atoms with van der Waals surface area (Å²) in [5.74, 6) is 0.0422. The maximum Gasteiger partial charge on any atom is 0.231 e. The Bertz CT molecular complexity index is 1100. The van der Waals surface area contributed by atoms with Crippen LogP contribution in [0.2, 0.25) is 0 Å². The van der Waals surface area contributed by atoms with Crippen LogP contribution in [0, 0.1) is 22.7 Å². The highest BCUT2D eigenvalue weighted by Crippen LogP contribution is 2.41. The van der Waals surface area contributed by atoms with Gasteiger partial charge in [-0.2, -0.15) is 10.5 Å². The van der Waals surface area contributed by atoms with E-state index in [9.17, 15) is 15.3 Å². The number of carbonyl (C=O) groups excluding carboxylic acids is 1. The van der Waals surface area contributed by atoms with E-state index in [-0.39, 0.29) is 18.3 Å². The van der Waals surface area contributed by atoms with E-state index in [1.807, 2.05) is 44.2 Å². The molecule has 1 aliphatic heterocycles. The molecule has 0 aliphatic carbocycles. The average molecular weight is 389 g/mol. The molecule has 2 aromatic rings. The van der Waals surface area contributed by atoms with Gasteiger partial charge in [-0.25, -0.2) is 4.99 Å². The largest absolute Gasteiger partial charge is 0.369 e. The number of nitrogens with zero attached hydrogens (tertiary/aromatic N) is 4. The van der Waals surface area contributed by atoms with Crippen molar-refractivity contribution < 1.29 is 4.79 Å². The van der Waals surface area contributed by atoms with Crippen LogP contribution < -0.4 is 5.73 Å². The van der Waals surface area contributed by atoms with Crippen molar-refractivity contribution in [3.05, 3.63) is 51.2 Å². The zero-order valence-corrected chi connectivity index (χ0v) is 16.7. The predicted molar refractivity (Wildman–Crippen MR) is 110 cm³/mol. The highest BCUT2D eigenvalue weighted by molar-refractivity contribution is 7.13. The lowest BCUT2D eigenvalue weighted by atomic mass is 9.92. The van der Waals surface area contributed by atoms with E-state index in [0.29, 0.717) is 10.4 Å². The zero-order chi connectivity index (χ0) is 20.5. The normalized spacial score (nSPS) is 19.4. The van der Waals surface area contributed by atoms with Gasteiger partial charge < -0.3 is 5.73 Å². The first kappa shape index (κ1) is 19.3. The van der Waals surface area contributed by atoms with E-state index < -0.39 is 5.54 Å². The monoisotopic (exact) mass is 389 g/mol. The van der Waals surface area contributed by atoms with Gasteiger partial charge in [0.15, 0.2) is 5.96 Å². The molecule has 0 radical (unpaired) electrons. The van der Waals surface area contributed by atoms with Crippen molar-refractivity contribution >= 4 is 29.3 Å². The number of benzene rings is 1.